The van der Waals surface area contributed by atoms with E-state index in [1.807, 2.05) is 32.6 Å². The zero-order chi connectivity index (χ0) is 13.4. The summed E-state index contributed by atoms with van der Waals surface area (Å²) in [5, 5.41) is 8.66. The predicted octanol–water partition coefficient (Wildman–Crippen LogP) is 1.04. The van der Waals surface area contributed by atoms with E-state index in [1.54, 1.807) is 4.90 Å². The fourth-order valence-corrected chi connectivity index (χ4v) is 1.61. The van der Waals surface area contributed by atoms with Gasteiger partial charge >= 0.3 is 5.97 Å². The Morgan fingerprint density at radius 3 is 2.06 bits per heavy atom. The number of carbonyl (C=O) groups is 2. The van der Waals surface area contributed by atoms with Crippen molar-refractivity contribution in [3.05, 3.63) is 0 Å². The van der Waals surface area contributed by atoms with Crippen LogP contribution < -0.4 is 0 Å². The van der Waals surface area contributed by atoms with Crippen LogP contribution in [0.4, 0.5) is 0 Å². The Kier molecular flexibility index (Phi) is 7.54. The van der Waals surface area contributed by atoms with Crippen molar-refractivity contribution < 1.29 is 14.7 Å². The SMILES string of the molecule is CCN(CC)C(=O)CN(CCC(=O)O)C(C)C. The summed E-state index contributed by atoms with van der Waals surface area (Å²) in [7, 11) is 0. The van der Waals surface area contributed by atoms with Gasteiger partial charge in [0, 0.05) is 25.7 Å². The molecular weight excluding hydrogens is 220 g/mol. The zero-order valence-corrected chi connectivity index (χ0v) is 11.3. The number of rotatable bonds is 8. The number of carbonyl (C=O) groups excluding carboxylic acids is 1. The van der Waals surface area contributed by atoms with Crippen molar-refractivity contribution in [3.63, 3.8) is 0 Å². The van der Waals surface area contributed by atoms with Gasteiger partial charge in [0.15, 0.2) is 0 Å². The molecule has 1 N–H and O–H groups in total. The van der Waals surface area contributed by atoms with Gasteiger partial charge in [-0.1, -0.05) is 0 Å². The average Bonchev–Trinajstić information content (AvgIpc) is 2.25. The van der Waals surface area contributed by atoms with Crippen LogP contribution in [-0.4, -0.2) is 59.0 Å². The molecule has 17 heavy (non-hydrogen) atoms. The van der Waals surface area contributed by atoms with Gasteiger partial charge in [0.25, 0.3) is 0 Å². The minimum atomic E-state index is -0.828. The van der Waals surface area contributed by atoms with Crippen molar-refractivity contribution in [2.75, 3.05) is 26.2 Å². The van der Waals surface area contributed by atoms with E-state index in [0.717, 1.165) is 0 Å². The van der Waals surface area contributed by atoms with E-state index >= 15 is 0 Å². The Morgan fingerprint density at radius 2 is 1.71 bits per heavy atom. The molecule has 0 aliphatic carbocycles. The van der Waals surface area contributed by atoms with Crippen LogP contribution >= 0.6 is 0 Å². The second-order valence-electron chi connectivity index (χ2n) is 4.27. The van der Waals surface area contributed by atoms with Gasteiger partial charge in [0.2, 0.25) is 5.91 Å². The number of amides is 1. The monoisotopic (exact) mass is 244 g/mol. The molecule has 0 spiro atoms. The van der Waals surface area contributed by atoms with Gasteiger partial charge in [-0.05, 0) is 27.7 Å². The number of nitrogens with zero attached hydrogens (tertiary/aromatic N) is 2. The van der Waals surface area contributed by atoms with Gasteiger partial charge in [-0.2, -0.15) is 0 Å². The maximum Gasteiger partial charge on any atom is 0.304 e. The van der Waals surface area contributed by atoms with Crippen LogP contribution in [0.1, 0.15) is 34.1 Å². The molecule has 0 aliphatic rings. The Bertz CT molecular complexity index is 250. The summed E-state index contributed by atoms with van der Waals surface area (Å²) in [6, 6.07) is 0.175. The highest BCUT2D eigenvalue weighted by atomic mass is 16.4. The number of hydrogen-bond donors (Lipinski definition) is 1. The molecule has 0 heterocycles. The third kappa shape index (κ3) is 6.26. The summed E-state index contributed by atoms with van der Waals surface area (Å²) >= 11 is 0. The largest absolute Gasteiger partial charge is 0.481 e. The van der Waals surface area contributed by atoms with Gasteiger partial charge in [-0.15, -0.1) is 0 Å². The first-order valence-electron chi connectivity index (χ1n) is 6.15. The normalized spacial score (nSPS) is 10.9. The van der Waals surface area contributed by atoms with Crippen LogP contribution in [0.15, 0.2) is 0 Å². The second-order valence-corrected chi connectivity index (χ2v) is 4.27. The van der Waals surface area contributed by atoms with E-state index in [-0.39, 0.29) is 18.4 Å². The lowest BCUT2D eigenvalue weighted by Crippen LogP contribution is -2.43. The molecule has 5 nitrogen and oxygen atoms in total. The van der Waals surface area contributed by atoms with Gasteiger partial charge in [0.05, 0.1) is 13.0 Å². The molecule has 0 unspecified atom stereocenters. The summed E-state index contributed by atoms with van der Waals surface area (Å²) < 4.78 is 0. The highest BCUT2D eigenvalue weighted by molar-refractivity contribution is 5.78. The zero-order valence-electron chi connectivity index (χ0n) is 11.3. The summed E-state index contributed by atoms with van der Waals surface area (Å²) in [5.74, 6) is -0.764. The summed E-state index contributed by atoms with van der Waals surface area (Å²) in [5.41, 5.74) is 0. The van der Waals surface area contributed by atoms with Crippen LogP contribution in [0.25, 0.3) is 0 Å². The topological polar surface area (TPSA) is 60.9 Å². The quantitative estimate of drug-likeness (QED) is 0.693. The maximum absolute atomic E-state index is 11.9. The first kappa shape index (κ1) is 15.9. The fourth-order valence-electron chi connectivity index (χ4n) is 1.61. The Morgan fingerprint density at radius 1 is 1.18 bits per heavy atom. The van der Waals surface area contributed by atoms with Crippen molar-refractivity contribution in [3.8, 4) is 0 Å². The Balaban J connectivity index is 4.33. The summed E-state index contributed by atoms with van der Waals surface area (Å²) in [6.07, 6.45) is 0.0731. The van der Waals surface area contributed by atoms with Gasteiger partial charge < -0.3 is 10.0 Å². The number of carboxylic acid groups (broad SMARTS) is 1. The van der Waals surface area contributed by atoms with Crippen LogP contribution in [0.5, 0.6) is 0 Å². The number of hydrogen-bond acceptors (Lipinski definition) is 3. The lowest BCUT2D eigenvalue weighted by atomic mass is 10.2. The third-order valence-corrected chi connectivity index (χ3v) is 2.80. The molecule has 0 saturated carbocycles. The van der Waals surface area contributed by atoms with Gasteiger partial charge in [-0.25, -0.2) is 0 Å². The molecule has 0 atom stereocenters. The molecule has 0 aromatic carbocycles. The van der Waals surface area contributed by atoms with Crippen molar-refractivity contribution in [2.24, 2.45) is 0 Å². The minimum absolute atomic E-state index is 0.0640. The second kappa shape index (κ2) is 8.06. The minimum Gasteiger partial charge on any atom is -0.481 e. The van der Waals surface area contributed by atoms with E-state index in [2.05, 4.69) is 0 Å². The standard InChI is InChI=1S/C12H24N2O3/c1-5-13(6-2)11(15)9-14(10(3)4)8-7-12(16)17/h10H,5-9H2,1-4H3,(H,16,17). The molecule has 5 heteroatoms. The number of carboxylic acids is 1. The molecule has 0 fully saturated rings. The van der Waals surface area contributed by atoms with E-state index in [0.29, 0.717) is 26.2 Å². The first-order valence-corrected chi connectivity index (χ1v) is 6.15. The van der Waals surface area contributed by atoms with Crippen LogP contribution in [0, 0.1) is 0 Å². The summed E-state index contributed by atoms with van der Waals surface area (Å²) in [4.78, 5) is 26.1. The lowest BCUT2D eigenvalue weighted by Gasteiger charge is -2.28. The highest BCUT2D eigenvalue weighted by Gasteiger charge is 2.17. The molecule has 0 rings (SSSR count). The van der Waals surface area contributed by atoms with E-state index < -0.39 is 5.97 Å². The molecule has 1 amide bonds. The smallest absolute Gasteiger partial charge is 0.304 e. The molecule has 100 valence electrons. The molecular formula is C12H24N2O3. The molecule has 0 aromatic rings. The summed E-state index contributed by atoms with van der Waals surface area (Å²) in [6.45, 7) is 9.93. The number of aliphatic carboxylic acids is 1. The van der Waals surface area contributed by atoms with Crippen molar-refractivity contribution in [1.82, 2.24) is 9.80 Å². The van der Waals surface area contributed by atoms with Crippen molar-refractivity contribution in [2.45, 2.75) is 40.2 Å². The Hall–Kier alpha value is -1.10. The third-order valence-electron chi connectivity index (χ3n) is 2.80. The molecule has 0 aliphatic heterocycles. The van der Waals surface area contributed by atoms with E-state index in [1.165, 1.54) is 0 Å². The van der Waals surface area contributed by atoms with E-state index in [9.17, 15) is 9.59 Å². The lowest BCUT2D eigenvalue weighted by molar-refractivity contribution is -0.138. The molecule has 0 saturated heterocycles. The predicted molar refractivity (Wildman–Crippen MR) is 66.9 cm³/mol. The van der Waals surface area contributed by atoms with Gasteiger partial charge in [-0.3, -0.25) is 14.5 Å². The average molecular weight is 244 g/mol. The highest BCUT2D eigenvalue weighted by Crippen LogP contribution is 2.02. The molecule has 0 bridgehead atoms. The first-order chi connectivity index (χ1) is 7.92. The van der Waals surface area contributed by atoms with Crippen molar-refractivity contribution in [1.29, 1.82) is 0 Å². The van der Waals surface area contributed by atoms with Crippen LogP contribution in [0.2, 0.25) is 0 Å². The maximum atomic E-state index is 11.9. The molecule has 0 aromatic heterocycles. The van der Waals surface area contributed by atoms with E-state index in [4.69, 9.17) is 5.11 Å². The fraction of sp³-hybridized carbons (Fsp3) is 0.833. The Labute approximate surface area is 103 Å². The molecule has 0 radical (unpaired) electrons. The van der Waals surface area contributed by atoms with Gasteiger partial charge in [0.1, 0.15) is 0 Å². The van der Waals surface area contributed by atoms with Crippen LogP contribution in [-0.2, 0) is 9.59 Å². The number of likely N-dealkylation sites (N-methyl/N-ethyl adjacent to an activating group) is 1. The van der Waals surface area contributed by atoms with Crippen LogP contribution in [0.3, 0.4) is 0 Å². The van der Waals surface area contributed by atoms with Crippen molar-refractivity contribution >= 4 is 11.9 Å².